The third-order valence-corrected chi connectivity index (χ3v) is 2.37. The van der Waals surface area contributed by atoms with Crippen molar-refractivity contribution in [3.8, 4) is 0 Å². The number of rotatable bonds is 3. The molecule has 3 nitrogen and oxygen atoms in total. The lowest BCUT2D eigenvalue weighted by Gasteiger charge is -2.12. The molecule has 1 aromatic rings. The molecule has 0 aliphatic heterocycles. The molecular formula is C10H10ClF2NO2. The highest BCUT2D eigenvalue weighted by Crippen LogP contribution is 2.24. The van der Waals surface area contributed by atoms with Crippen LogP contribution < -0.4 is 5.73 Å². The van der Waals surface area contributed by atoms with E-state index < -0.39 is 18.4 Å². The van der Waals surface area contributed by atoms with Crippen molar-refractivity contribution in [2.24, 2.45) is 5.73 Å². The number of benzene rings is 1. The number of halogens is 3. The van der Waals surface area contributed by atoms with Gasteiger partial charge in [-0.25, -0.2) is 13.6 Å². The molecule has 0 aromatic heterocycles. The molecule has 0 amide bonds. The second kappa shape index (κ2) is 5.23. The Balaban J connectivity index is 3.04. The molecule has 1 rings (SSSR count). The maximum absolute atomic E-state index is 12.3. The summed E-state index contributed by atoms with van der Waals surface area (Å²) in [5, 5.41) is 0.0421. The number of methoxy groups -OCH3 is 1. The molecule has 0 bridgehead atoms. The van der Waals surface area contributed by atoms with Crippen LogP contribution in [0.2, 0.25) is 5.02 Å². The summed E-state index contributed by atoms with van der Waals surface area (Å²) < 4.78 is 29.1. The number of carbonyl (C=O) groups is 1. The van der Waals surface area contributed by atoms with Crippen LogP contribution in [-0.4, -0.2) is 19.5 Å². The van der Waals surface area contributed by atoms with Crippen LogP contribution in [-0.2, 0) is 4.74 Å². The van der Waals surface area contributed by atoms with Gasteiger partial charge in [0.15, 0.2) is 0 Å². The van der Waals surface area contributed by atoms with Crippen LogP contribution in [0.4, 0.5) is 8.78 Å². The van der Waals surface area contributed by atoms with E-state index in [2.05, 4.69) is 4.74 Å². The molecule has 0 saturated carbocycles. The van der Waals surface area contributed by atoms with Gasteiger partial charge in [0.2, 0.25) is 0 Å². The van der Waals surface area contributed by atoms with Gasteiger partial charge in [0.1, 0.15) is 0 Å². The zero-order valence-corrected chi connectivity index (χ0v) is 9.17. The van der Waals surface area contributed by atoms with Gasteiger partial charge >= 0.3 is 5.97 Å². The molecule has 2 N–H and O–H groups in total. The predicted octanol–water partition coefficient (Wildman–Crippen LogP) is 2.39. The minimum atomic E-state index is -2.68. The lowest BCUT2D eigenvalue weighted by molar-refractivity contribution is 0.0601. The SMILES string of the molecule is COC(=O)c1ccc(C(N)C(F)F)cc1Cl. The summed E-state index contributed by atoms with van der Waals surface area (Å²) >= 11 is 5.75. The van der Waals surface area contributed by atoms with E-state index in [4.69, 9.17) is 17.3 Å². The van der Waals surface area contributed by atoms with Gasteiger partial charge in [-0.2, -0.15) is 0 Å². The molecule has 0 aliphatic rings. The van der Waals surface area contributed by atoms with Gasteiger partial charge in [0, 0.05) is 0 Å². The van der Waals surface area contributed by atoms with E-state index in [0.717, 1.165) is 0 Å². The second-order valence-electron chi connectivity index (χ2n) is 3.09. The summed E-state index contributed by atoms with van der Waals surface area (Å²) in [6.07, 6.45) is -2.68. The van der Waals surface area contributed by atoms with Gasteiger partial charge in [-0.15, -0.1) is 0 Å². The van der Waals surface area contributed by atoms with Gasteiger partial charge in [-0.1, -0.05) is 17.7 Å². The number of alkyl halides is 2. The van der Waals surface area contributed by atoms with Gasteiger partial charge in [-0.3, -0.25) is 0 Å². The van der Waals surface area contributed by atoms with Crippen LogP contribution in [0.15, 0.2) is 18.2 Å². The first-order valence-corrected chi connectivity index (χ1v) is 4.76. The molecule has 0 fully saturated rings. The van der Waals surface area contributed by atoms with E-state index in [-0.39, 0.29) is 16.1 Å². The monoisotopic (exact) mass is 249 g/mol. The molecule has 0 heterocycles. The Kier molecular flexibility index (Phi) is 4.20. The quantitative estimate of drug-likeness (QED) is 0.837. The smallest absolute Gasteiger partial charge is 0.339 e. The fourth-order valence-corrected chi connectivity index (χ4v) is 1.43. The summed E-state index contributed by atoms with van der Waals surface area (Å²) in [7, 11) is 1.21. The highest BCUT2D eigenvalue weighted by molar-refractivity contribution is 6.33. The van der Waals surface area contributed by atoms with Crippen molar-refractivity contribution in [3.63, 3.8) is 0 Å². The van der Waals surface area contributed by atoms with E-state index in [9.17, 15) is 13.6 Å². The summed E-state index contributed by atoms with van der Waals surface area (Å²) in [6, 6.07) is 2.47. The van der Waals surface area contributed by atoms with Gasteiger partial charge < -0.3 is 10.5 Å². The second-order valence-corrected chi connectivity index (χ2v) is 3.50. The van der Waals surface area contributed by atoms with Crippen LogP contribution in [0.5, 0.6) is 0 Å². The van der Waals surface area contributed by atoms with Crippen molar-refractivity contribution in [1.29, 1.82) is 0 Å². The molecule has 1 unspecified atom stereocenters. The Bertz CT molecular complexity index is 398. The number of hydrogen-bond donors (Lipinski definition) is 1. The Labute approximate surface area is 96.1 Å². The summed E-state index contributed by atoms with van der Waals surface area (Å²) in [5.41, 5.74) is 5.53. The van der Waals surface area contributed by atoms with E-state index in [1.165, 1.54) is 25.3 Å². The maximum Gasteiger partial charge on any atom is 0.339 e. The van der Waals surface area contributed by atoms with Crippen LogP contribution in [0.25, 0.3) is 0 Å². The normalized spacial score (nSPS) is 12.6. The molecular weight excluding hydrogens is 240 g/mol. The largest absolute Gasteiger partial charge is 0.465 e. The molecule has 16 heavy (non-hydrogen) atoms. The molecule has 1 atom stereocenters. The van der Waals surface area contributed by atoms with Crippen molar-refractivity contribution < 1.29 is 18.3 Å². The lowest BCUT2D eigenvalue weighted by atomic mass is 10.1. The van der Waals surface area contributed by atoms with E-state index in [1.807, 2.05) is 0 Å². The fraction of sp³-hybridized carbons (Fsp3) is 0.300. The third kappa shape index (κ3) is 2.68. The summed E-state index contributed by atoms with van der Waals surface area (Å²) in [6.45, 7) is 0. The minimum Gasteiger partial charge on any atom is -0.465 e. The zero-order valence-electron chi connectivity index (χ0n) is 8.41. The van der Waals surface area contributed by atoms with Crippen molar-refractivity contribution in [2.75, 3.05) is 7.11 Å². The van der Waals surface area contributed by atoms with E-state index in [0.29, 0.717) is 0 Å². The van der Waals surface area contributed by atoms with Crippen molar-refractivity contribution in [1.82, 2.24) is 0 Å². The van der Waals surface area contributed by atoms with Crippen LogP contribution in [0, 0.1) is 0 Å². The zero-order chi connectivity index (χ0) is 12.3. The topological polar surface area (TPSA) is 52.3 Å². The molecule has 0 aliphatic carbocycles. The average Bonchev–Trinajstić information content (AvgIpc) is 2.26. The molecule has 0 saturated heterocycles. The maximum atomic E-state index is 12.3. The average molecular weight is 250 g/mol. The Morgan fingerprint density at radius 3 is 2.56 bits per heavy atom. The van der Waals surface area contributed by atoms with E-state index >= 15 is 0 Å². The van der Waals surface area contributed by atoms with Crippen LogP contribution in [0.3, 0.4) is 0 Å². The van der Waals surface area contributed by atoms with Crippen LogP contribution in [0.1, 0.15) is 22.0 Å². The van der Waals surface area contributed by atoms with Gasteiger partial charge in [-0.05, 0) is 17.7 Å². The molecule has 6 heteroatoms. The Hall–Kier alpha value is -1.20. The minimum absolute atomic E-state index is 0.0421. The van der Waals surface area contributed by atoms with Crippen molar-refractivity contribution in [2.45, 2.75) is 12.5 Å². The van der Waals surface area contributed by atoms with Crippen molar-refractivity contribution >= 4 is 17.6 Å². The first kappa shape index (κ1) is 12.9. The third-order valence-electron chi connectivity index (χ3n) is 2.05. The highest BCUT2D eigenvalue weighted by atomic mass is 35.5. The van der Waals surface area contributed by atoms with Gasteiger partial charge in [0.05, 0.1) is 23.7 Å². The number of ether oxygens (including phenoxy) is 1. The standard InChI is InChI=1S/C10H10ClF2NO2/c1-16-10(15)6-3-2-5(4-7(6)11)8(14)9(12)13/h2-4,8-9H,14H2,1H3. The molecule has 0 radical (unpaired) electrons. The van der Waals surface area contributed by atoms with Gasteiger partial charge in [0.25, 0.3) is 6.43 Å². The molecule has 88 valence electrons. The number of carbonyl (C=O) groups excluding carboxylic acids is 1. The summed E-state index contributed by atoms with van der Waals surface area (Å²) in [4.78, 5) is 11.2. The first-order valence-electron chi connectivity index (χ1n) is 4.39. The molecule has 1 aromatic carbocycles. The van der Waals surface area contributed by atoms with E-state index in [1.54, 1.807) is 0 Å². The first-order chi connectivity index (χ1) is 7.47. The Morgan fingerprint density at radius 1 is 1.50 bits per heavy atom. The lowest BCUT2D eigenvalue weighted by Crippen LogP contribution is -2.19. The number of nitrogens with two attached hydrogens (primary N) is 1. The van der Waals surface area contributed by atoms with Crippen molar-refractivity contribution in [3.05, 3.63) is 34.3 Å². The van der Waals surface area contributed by atoms with Crippen LogP contribution >= 0.6 is 11.6 Å². The highest BCUT2D eigenvalue weighted by Gasteiger charge is 2.19. The molecule has 0 spiro atoms. The Morgan fingerprint density at radius 2 is 2.12 bits per heavy atom. The fourth-order valence-electron chi connectivity index (χ4n) is 1.16. The number of esters is 1. The predicted molar refractivity (Wildman–Crippen MR) is 55.7 cm³/mol. The number of hydrogen-bond acceptors (Lipinski definition) is 3. The summed E-state index contributed by atoms with van der Waals surface area (Å²) in [5.74, 6) is -0.623.